The van der Waals surface area contributed by atoms with Crippen LogP contribution in [0.4, 0.5) is 8.78 Å². The maximum Gasteiger partial charge on any atom is 0.387 e. The molecule has 0 aromatic heterocycles. The number of alkyl halides is 2. The van der Waals surface area contributed by atoms with Crippen molar-refractivity contribution >= 4 is 5.91 Å². The summed E-state index contributed by atoms with van der Waals surface area (Å²) in [6.45, 7) is 0.917. The third-order valence-electron chi connectivity index (χ3n) is 2.50. The lowest BCUT2D eigenvalue weighted by atomic mass is 10.0. The van der Waals surface area contributed by atoms with E-state index in [1.807, 2.05) is 0 Å². The average molecular weight is 258 g/mol. The summed E-state index contributed by atoms with van der Waals surface area (Å²) in [4.78, 5) is 11.1. The van der Waals surface area contributed by atoms with E-state index in [4.69, 9.17) is 5.73 Å². The van der Waals surface area contributed by atoms with Crippen LogP contribution in [0.2, 0.25) is 0 Å². The molecule has 0 radical (unpaired) electrons. The lowest BCUT2D eigenvalue weighted by Crippen LogP contribution is -2.50. The lowest BCUT2D eigenvalue weighted by Gasteiger charge is -2.22. The first-order chi connectivity index (χ1) is 8.31. The summed E-state index contributed by atoms with van der Waals surface area (Å²) in [5, 5.41) is 2.97. The van der Waals surface area contributed by atoms with E-state index in [2.05, 4.69) is 10.1 Å². The molecule has 0 spiro atoms. The molecule has 1 aromatic rings. The second-order valence-corrected chi connectivity index (χ2v) is 4.37. The Morgan fingerprint density at radius 1 is 1.39 bits per heavy atom. The molecule has 6 heteroatoms. The van der Waals surface area contributed by atoms with Gasteiger partial charge >= 0.3 is 6.61 Å². The van der Waals surface area contributed by atoms with E-state index in [9.17, 15) is 13.6 Å². The predicted molar refractivity (Wildman–Crippen MR) is 63.2 cm³/mol. The molecular formula is C12H16F2N2O2. The number of carbonyl (C=O) groups is 1. The fraction of sp³-hybridized carbons (Fsp3) is 0.417. The zero-order valence-corrected chi connectivity index (χ0v) is 10.2. The Morgan fingerprint density at radius 2 is 1.94 bits per heavy atom. The topological polar surface area (TPSA) is 64.3 Å². The number of hydrogen-bond donors (Lipinski definition) is 2. The summed E-state index contributed by atoms with van der Waals surface area (Å²) in [5.41, 5.74) is 5.23. The largest absolute Gasteiger partial charge is 0.435 e. The SMILES string of the molecule is CC(C)(NCc1ccc(OC(F)F)cc1)C(N)=O. The predicted octanol–water partition coefficient (Wildman–Crippen LogP) is 1.64. The molecule has 0 aliphatic rings. The second-order valence-electron chi connectivity index (χ2n) is 4.37. The van der Waals surface area contributed by atoms with Crippen molar-refractivity contribution in [3.05, 3.63) is 29.8 Å². The Morgan fingerprint density at radius 3 is 2.39 bits per heavy atom. The highest BCUT2D eigenvalue weighted by Crippen LogP contribution is 2.15. The fourth-order valence-electron chi connectivity index (χ4n) is 1.20. The van der Waals surface area contributed by atoms with Crippen LogP contribution in [0.15, 0.2) is 24.3 Å². The summed E-state index contributed by atoms with van der Waals surface area (Å²) in [7, 11) is 0. The Labute approximate surface area is 104 Å². The molecule has 3 N–H and O–H groups in total. The molecule has 0 heterocycles. The summed E-state index contributed by atoms with van der Waals surface area (Å²) in [5.74, 6) is -0.358. The molecule has 1 aromatic carbocycles. The maximum absolute atomic E-state index is 11.9. The Balaban J connectivity index is 2.57. The normalized spacial score (nSPS) is 11.6. The van der Waals surface area contributed by atoms with Gasteiger partial charge in [0.1, 0.15) is 5.75 Å². The van der Waals surface area contributed by atoms with Crippen molar-refractivity contribution < 1.29 is 18.3 Å². The lowest BCUT2D eigenvalue weighted by molar-refractivity contribution is -0.123. The van der Waals surface area contributed by atoms with Crippen LogP contribution in [0.5, 0.6) is 5.75 Å². The summed E-state index contributed by atoms with van der Waals surface area (Å²) >= 11 is 0. The minimum atomic E-state index is -2.83. The number of rotatable bonds is 6. The van der Waals surface area contributed by atoms with Gasteiger partial charge in [-0.05, 0) is 31.5 Å². The van der Waals surface area contributed by atoms with Crippen LogP contribution in [-0.2, 0) is 11.3 Å². The molecule has 1 amide bonds. The van der Waals surface area contributed by atoms with Crippen molar-refractivity contribution in [2.24, 2.45) is 5.73 Å². The van der Waals surface area contributed by atoms with E-state index >= 15 is 0 Å². The fourth-order valence-corrected chi connectivity index (χ4v) is 1.20. The molecule has 0 aliphatic carbocycles. The van der Waals surface area contributed by atoms with E-state index in [0.717, 1.165) is 5.56 Å². The number of benzene rings is 1. The monoisotopic (exact) mass is 258 g/mol. The molecule has 0 bridgehead atoms. The molecule has 100 valence electrons. The highest BCUT2D eigenvalue weighted by atomic mass is 19.3. The van der Waals surface area contributed by atoms with Gasteiger partial charge in [-0.3, -0.25) is 10.1 Å². The first-order valence-corrected chi connectivity index (χ1v) is 5.40. The second kappa shape index (κ2) is 5.77. The molecule has 0 unspecified atom stereocenters. The van der Waals surface area contributed by atoms with Crippen LogP contribution in [0, 0.1) is 0 Å². The Kier molecular flexibility index (Phi) is 4.61. The zero-order chi connectivity index (χ0) is 13.8. The van der Waals surface area contributed by atoms with Gasteiger partial charge in [0.25, 0.3) is 0 Å². The van der Waals surface area contributed by atoms with E-state index < -0.39 is 18.1 Å². The van der Waals surface area contributed by atoms with Crippen molar-refractivity contribution in [1.29, 1.82) is 0 Å². The highest BCUT2D eigenvalue weighted by Gasteiger charge is 2.23. The number of nitrogens with two attached hydrogens (primary N) is 1. The number of amides is 1. The molecule has 0 saturated carbocycles. The van der Waals surface area contributed by atoms with Crippen LogP contribution in [-0.4, -0.2) is 18.1 Å². The third kappa shape index (κ3) is 4.29. The molecule has 1 rings (SSSR count). The van der Waals surface area contributed by atoms with Gasteiger partial charge in [-0.25, -0.2) is 0 Å². The van der Waals surface area contributed by atoms with Gasteiger partial charge in [-0.2, -0.15) is 8.78 Å². The van der Waals surface area contributed by atoms with E-state index in [1.54, 1.807) is 26.0 Å². The van der Waals surface area contributed by atoms with Gasteiger partial charge in [0, 0.05) is 6.54 Å². The van der Waals surface area contributed by atoms with Crippen molar-refractivity contribution in [3.63, 3.8) is 0 Å². The first kappa shape index (κ1) is 14.4. The Bertz CT molecular complexity index is 405. The minimum absolute atomic E-state index is 0.0999. The maximum atomic E-state index is 11.9. The summed E-state index contributed by atoms with van der Waals surface area (Å²) in [6.07, 6.45) is 0. The number of hydrogen-bond acceptors (Lipinski definition) is 3. The van der Waals surface area contributed by atoms with Crippen molar-refractivity contribution in [2.45, 2.75) is 32.5 Å². The van der Waals surface area contributed by atoms with Gasteiger partial charge in [-0.1, -0.05) is 12.1 Å². The van der Waals surface area contributed by atoms with E-state index in [0.29, 0.717) is 6.54 Å². The van der Waals surface area contributed by atoms with E-state index in [1.165, 1.54) is 12.1 Å². The van der Waals surface area contributed by atoms with Crippen LogP contribution in [0.3, 0.4) is 0 Å². The zero-order valence-electron chi connectivity index (χ0n) is 10.2. The van der Waals surface area contributed by atoms with Crippen LogP contribution >= 0.6 is 0 Å². The average Bonchev–Trinajstić information content (AvgIpc) is 2.27. The smallest absolute Gasteiger partial charge is 0.387 e. The number of ether oxygens (including phenoxy) is 1. The van der Waals surface area contributed by atoms with Gasteiger partial charge in [0.15, 0.2) is 0 Å². The number of carbonyl (C=O) groups excluding carboxylic acids is 1. The molecular weight excluding hydrogens is 242 g/mol. The van der Waals surface area contributed by atoms with Gasteiger partial charge in [-0.15, -0.1) is 0 Å². The molecule has 0 atom stereocenters. The van der Waals surface area contributed by atoms with Gasteiger partial charge < -0.3 is 10.5 Å². The van der Waals surface area contributed by atoms with Crippen LogP contribution in [0.1, 0.15) is 19.4 Å². The molecule has 0 fully saturated rings. The van der Waals surface area contributed by atoms with Crippen molar-refractivity contribution in [3.8, 4) is 5.75 Å². The van der Waals surface area contributed by atoms with E-state index in [-0.39, 0.29) is 5.75 Å². The molecule has 0 aliphatic heterocycles. The van der Waals surface area contributed by atoms with Gasteiger partial charge in [0.05, 0.1) is 5.54 Å². The first-order valence-electron chi connectivity index (χ1n) is 5.40. The molecule has 0 saturated heterocycles. The summed E-state index contributed by atoms with van der Waals surface area (Å²) in [6, 6.07) is 6.17. The summed E-state index contributed by atoms with van der Waals surface area (Å²) < 4.78 is 28.1. The van der Waals surface area contributed by atoms with Crippen molar-refractivity contribution in [1.82, 2.24) is 5.32 Å². The minimum Gasteiger partial charge on any atom is -0.435 e. The Hall–Kier alpha value is -1.69. The number of halogens is 2. The third-order valence-corrected chi connectivity index (χ3v) is 2.50. The number of primary amides is 1. The quantitative estimate of drug-likeness (QED) is 0.815. The van der Waals surface area contributed by atoms with Crippen molar-refractivity contribution in [2.75, 3.05) is 0 Å². The number of nitrogens with one attached hydrogen (secondary N) is 1. The molecule has 4 nitrogen and oxygen atoms in total. The highest BCUT2D eigenvalue weighted by molar-refractivity contribution is 5.83. The van der Waals surface area contributed by atoms with Gasteiger partial charge in [0.2, 0.25) is 5.91 Å². The standard InChI is InChI=1S/C12H16F2N2O2/c1-12(2,10(15)17)16-7-8-3-5-9(6-4-8)18-11(13)14/h3-6,11,16H,7H2,1-2H3,(H2,15,17). The van der Waals surface area contributed by atoms with Crippen LogP contribution < -0.4 is 15.8 Å². The molecule has 18 heavy (non-hydrogen) atoms. The van der Waals surface area contributed by atoms with Crippen LogP contribution in [0.25, 0.3) is 0 Å².